The van der Waals surface area contributed by atoms with Crippen LogP contribution in [0.25, 0.3) is 39.5 Å². The van der Waals surface area contributed by atoms with Crippen LogP contribution in [0.15, 0.2) is 47.2 Å². The van der Waals surface area contributed by atoms with Crippen LogP contribution >= 0.6 is 11.6 Å². The van der Waals surface area contributed by atoms with Gasteiger partial charge >= 0.3 is 0 Å². The number of hydrogen-bond donors (Lipinski definition) is 0. The van der Waals surface area contributed by atoms with Crippen LogP contribution in [0.3, 0.4) is 0 Å². The SMILES string of the molecule is Cc1c2c(-c3noc(-c4ccc(F)cc4F)n3)ncn2c2cccc(Cl)c2[n+]1[O-]. The molecule has 0 atom stereocenters. The first-order valence-electron chi connectivity index (χ1n) is 8.42. The number of imidazole rings is 1. The third-order valence-electron chi connectivity index (χ3n) is 4.64. The Morgan fingerprint density at radius 3 is 2.83 bits per heavy atom. The van der Waals surface area contributed by atoms with Crippen molar-refractivity contribution in [2.45, 2.75) is 6.92 Å². The van der Waals surface area contributed by atoms with E-state index >= 15 is 0 Å². The molecule has 0 bridgehead atoms. The fraction of sp³-hybridized carbons (Fsp3) is 0.0526. The summed E-state index contributed by atoms with van der Waals surface area (Å²) >= 11 is 6.20. The highest BCUT2D eigenvalue weighted by atomic mass is 35.5. The van der Waals surface area contributed by atoms with Crippen molar-refractivity contribution in [3.05, 3.63) is 70.3 Å². The van der Waals surface area contributed by atoms with Gasteiger partial charge in [0.05, 0.1) is 5.56 Å². The van der Waals surface area contributed by atoms with Crippen LogP contribution in [0.5, 0.6) is 0 Å². The first-order valence-corrected chi connectivity index (χ1v) is 8.80. The number of hydrogen-bond acceptors (Lipinski definition) is 5. The molecule has 5 rings (SSSR count). The van der Waals surface area contributed by atoms with E-state index in [2.05, 4.69) is 15.1 Å². The molecular formula is C19H10ClF2N5O2. The van der Waals surface area contributed by atoms with Crippen LogP contribution in [-0.4, -0.2) is 19.5 Å². The lowest BCUT2D eigenvalue weighted by atomic mass is 10.2. The number of para-hydroxylation sites is 1. The summed E-state index contributed by atoms with van der Waals surface area (Å²) in [6.07, 6.45) is 1.52. The topological polar surface area (TPSA) is 83.2 Å². The third-order valence-corrected chi connectivity index (χ3v) is 4.95. The van der Waals surface area contributed by atoms with Crippen LogP contribution < -0.4 is 4.73 Å². The molecule has 0 aliphatic heterocycles. The molecule has 2 aromatic carbocycles. The molecule has 3 heterocycles. The summed E-state index contributed by atoms with van der Waals surface area (Å²) in [6.45, 7) is 1.62. The summed E-state index contributed by atoms with van der Waals surface area (Å²) in [7, 11) is 0. The van der Waals surface area contributed by atoms with Gasteiger partial charge in [0.1, 0.15) is 39.7 Å². The molecule has 0 saturated heterocycles. The van der Waals surface area contributed by atoms with Crippen molar-refractivity contribution in [1.82, 2.24) is 19.5 Å². The molecular weight excluding hydrogens is 404 g/mol. The molecule has 0 aliphatic carbocycles. The molecule has 144 valence electrons. The molecule has 0 radical (unpaired) electrons. The summed E-state index contributed by atoms with van der Waals surface area (Å²) in [5.74, 6) is -1.61. The van der Waals surface area contributed by atoms with E-state index in [1.165, 1.54) is 12.4 Å². The number of benzene rings is 2. The molecule has 10 heteroatoms. The van der Waals surface area contributed by atoms with E-state index in [4.69, 9.17) is 16.1 Å². The van der Waals surface area contributed by atoms with E-state index in [0.29, 0.717) is 27.3 Å². The lowest BCUT2D eigenvalue weighted by Gasteiger charge is -2.09. The second kappa shape index (κ2) is 6.21. The normalized spacial score (nSPS) is 11.6. The van der Waals surface area contributed by atoms with Crippen molar-refractivity contribution in [3.8, 4) is 23.0 Å². The van der Waals surface area contributed by atoms with Gasteiger partial charge < -0.3 is 9.73 Å². The fourth-order valence-corrected chi connectivity index (χ4v) is 3.54. The average Bonchev–Trinajstić information content (AvgIpc) is 3.33. The number of halogens is 3. The first-order chi connectivity index (χ1) is 14.0. The largest absolute Gasteiger partial charge is 0.618 e. The fourth-order valence-electron chi connectivity index (χ4n) is 3.30. The Morgan fingerprint density at radius 2 is 2.03 bits per heavy atom. The maximum Gasteiger partial charge on any atom is 0.261 e. The van der Waals surface area contributed by atoms with E-state index in [1.807, 2.05) is 0 Å². The lowest BCUT2D eigenvalue weighted by molar-refractivity contribution is -0.583. The summed E-state index contributed by atoms with van der Waals surface area (Å²) < 4.78 is 34.7. The second-order valence-corrected chi connectivity index (χ2v) is 6.75. The van der Waals surface area contributed by atoms with Gasteiger partial charge in [0.2, 0.25) is 11.5 Å². The van der Waals surface area contributed by atoms with Gasteiger partial charge in [0.15, 0.2) is 0 Å². The Hall–Kier alpha value is -3.59. The standard InChI is InChI=1S/C19H10ClF2N5O2/c1-9-16-15(18-24-19(29-25-18)11-6-5-10(21)7-13(11)22)23-8-26(16)14-4-2-3-12(20)17(14)27(9)28/h2-8H,1H3. The van der Waals surface area contributed by atoms with Crippen LogP contribution in [0.2, 0.25) is 5.02 Å². The Labute approximate surface area is 166 Å². The third kappa shape index (κ3) is 2.54. The zero-order valence-electron chi connectivity index (χ0n) is 14.7. The monoisotopic (exact) mass is 413 g/mol. The molecule has 0 N–H and O–H groups in total. The molecule has 5 aromatic rings. The molecule has 0 amide bonds. The molecule has 0 spiro atoms. The van der Waals surface area contributed by atoms with Crippen molar-refractivity contribution in [2.24, 2.45) is 0 Å². The highest BCUT2D eigenvalue weighted by Gasteiger charge is 2.25. The number of nitrogens with zero attached hydrogens (tertiary/aromatic N) is 5. The van der Waals surface area contributed by atoms with Crippen molar-refractivity contribution in [3.63, 3.8) is 0 Å². The van der Waals surface area contributed by atoms with Gasteiger partial charge in [-0.3, -0.25) is 4.40 Å². The maximum absolute atomic E-state index is 14.0. The zero-order chi connectivity index (χ0) is 20.3. The summed E-state index contributed by atoms with van der Waals surface area (Å²) in [5, 5.41) is 17.0. The predicted octanol–water partition coefficient (Wildman–Crippen LogP) is 4.08. The van der Waals surface area contributed by atoms with Crippen LogP contribution in [0.1, 0.15) is 5.69 Å². The van der Waals surface area contributed by atoms with Gasteiger partial charge in [0, 0.05) is 13.0 Å². The van der Waals surface area contributed by atoms with Crippen LogP contribution in [0.4, 0.5) is 8.78 Å². The molecule has 0 unspecified atom stereocenters. The predicted molar refractivity (Wildman–Crippen MR) is 100 cm³/mol. The molecule has 3 aromatic heterocycles. The minimum Gasteiger partial charge on any atom is -0.618 e. The van der Waals surface area contributed by atoms with Gasteiger partial charge in [0.25, 0.3) is 11.4 Å². The number of aryl methyl sites for hydroxylation is 1. The Balaban J connectivity index is 1.73. The Bertz CT molecular complexity index is 1430. The average molecular weight is 414 g/mol. The van der Waals surface area contributed by atoms with Gasteiger partial charge in [-0.15, -0.1) is 0 Å². The molecule has 0 aliphatic rings. The Kier molecular flexibility index (Phi) is 3.75. The highest BCUT2D eigenvalue weighted by molar-refractivity contribution is 6.34. The Morgan fingerprint density at radius 1 is 1.21 bits per heavy atom. The molecule has 0 saturated carbocycles. The van der Waals surface area contributed by atoms with E-state index in [1.54, 1.807) is 29.5 Å². The minimum atomic E-state index is -0.830. The maximum atomic E-state index is 14.0. The number of fused-ring (bicyclic) bond motifs is 3. The van der Waals surface area contributed by atoms with Crippen molar-refractivity contribution in [2.75, 3.05) is 0 Å². The molecule has 7 nitrogen and oxygen atoms in total. The quantitative estimate of drug-likeness (QED) is 0.321. The van der Waals surface area contributed by atoms with E-state index < -0.39 is 11.6 Å². The van der Waals surface area contributed by atoms with E-state index in [0.717, 1.165) is 16.9 Å². The minimum absolute atomic E-state index is 0.0403. The van der Waals surface area contributed by atoms with Gasteiger partial charge in [-0.25, -0.2) is 13.8 Å². The first kappa shape index (κ1) is 17.5. The summed E-state index contributed by atoms with van der Waals surface area (Å²) in [5.41, 5.74) is 1.90. The summed E-state index contributed by atoms with van der Waals surface area (Å²) in [6, 6.07) is 8.12. The van der Waals surface area contributed by atoms with Gasteiger partial charge in [-0.1, -0.05) is 22.8 Å². The number of rotatable bonds is 2. The van der Waals surface area contributed by atoms with E-state index in [-0.39, 0.29) is 23.0 Å². The zero-order valence-corrected chi connectivity index (χ0v) is 15.5. The van der Waals surface area contributed by atoms with Crippen molar-refractivity contribution < 1.29 is 18.0 Å². The smallest absolute Gasteiger partial charge is 0.261 e. The van der Waals surface area contributed by atoms with Crippen LogP contribution in [0, 0.1) is 23.8 Å². The molecule has 0 fully saturated rings. The lowest BCUT2D eigenvalue weighted by Crippen LogP contribution is -2.32. The molecule has 29 heavy (non-hydrogen) atoms. The number of aromatic nitrogens is 5. The van der Waals surface area contributed by atoms with Crippen molar-refractivity contribution in [1.29, 1.82) is 0 Å². The van der Waals surface area contributed by atoms with Gasteiger partial charge in [-0.2, -0.15) is 9.71 Å². The highest BCUT2D eigenvalue weighted by Crippen LogP contribution is 2.30. The van der Waals surface area contributed by atoms with Gasteiger partial charge in [-0.05, 0) is 24.3 Å². The van der Waals surface area contributed by atoms with E-state index in [9.17, 15) is 14.0 Å². The second-order valence-electron chi connectivity index (χ2n) is 6.35. The summed E-state index contributed by atoms with van der Waals surface area (Å²) in [4.78, 5) is 8.50. The van der Waals surface area contributed by atoms with Crippen LogP contribution in [-0.2, 0) is 0 Å². The van der Waals surface area contributed by atoms with Crippen molar-refractivity contribution >= 4 is 28.2 Å².